The molecule has 0 amide bonds. The summed E-state index contributed by atoms with van der Waals surface area (Å²) in [5.41, 5.74) is -1.15. The van der Waals surface area contributed by atoms with E-state index >= 15 is 0 Å². The summed E-state index contributed by atoms with van der Waals surface area (Å²) in [6, 6.07) is 3.82. The van der Waals surface area contributed by atoms with Gasteiger partial charge in [-0.15, -0.1) is 0 Å². The number of halogens is 4. The van der Waals surface area contributed by atoms with Crippen molar-refractivity contribution in [2.75, 3.05) is 10.7 Å². The van der Waals surface area contributed by atoms with Crippen LogP contribution in [-0.2, 0) is 0 Å². The predicted molar refractivity (Wildman–Crippen MR) is 35.8 cm³/mol. The van der Waals surface area contributed by atoms with Crippen LogP contribution in [0.5, 0.6) is 0 Å². The lowest BCUT2D eigenvalue weighted by Gasteiger charge is -2.04. The number of anilines is 2. The Morgan fingerprint density at radius 3 is 1.58 bits per heavy atom. The Balaban J connectivity index is 2.96. The van der Waals surface area contributed by atoms with Crippen molar-refractivity contribution in [2.24, 2.45) is 0 Å². The molecule has 0 fully saturated rings. The second kappa shape index (κ2) is 3.29. The van der Waals surface area contributed by atoms with Crippen molar-refractivity contribution in [3.63, 3.8) is 0 Å². The average Bonchev–Trinajstić information content (AvgIpc) is 2.04. The fourth-order valence-corrected chi connectivity index (χ4v) is 0.703. The van der Waals surface area contributed by atoms with E-state index in [1.165, 1.54) is 0 Å². The maximum Gasteiger partial charge on any atom is 0.107 e. The monoisotopic (exact) mass is 180 g/mol. The lowest BCUT2D eigenvalue weighted by atomic mass is 10.3. The summed E-state index contributed by atoms with van der Waals surface area (Å²) in [4.78, 5) is 0. The fourth-order valence-electron chi connectivity index (χ4n) is 0.703. The van der Waals surface area contributed by atoms with Gasteiger partial charge >= 0.3 is 0 Å². The van der Waals surface area contributed by atoms with Gasteiger partial charge in [-0.1, -0.05) is 24.0 Å². The summed E-state index contributed by atoms with van der Waals surface area (Å²) in [5.74, 6) is 0. The first-order valence-electron chi connectivity index (χ1n) is 2.94. The largest absolute Gasteiger partial charge is 0.107 e. The Labute approximate surface area is 65.4 Å². The Bertz CT molecular complexity index is 240. The molecule has 0 N–H and O–H groups in total. The van der Waals surface area contributed by atoms with E-state index in [1.807, 2.05) is 0 Å². The van der Waals surface area contributed by atoms with Crippen molar-refractivity contribution in [1.29, 1.82) is 0 Å². The molecule has 1 rings (SSSR count). The molecule has 12 heavy (non-hydrogen) atoms. The maximum absolute atomic E-state index is 11.8. The van der Waals surface area contributed by atoms with Crippen LogP contribution in [0.3, 0.4) is 0 Å². The predicted octanol–water partition coefficient (Wildman–Crippen LogP) is 2.84. The first-order chi connectivity index (χ1) is 5.61. The summed E-state index contributed by atoms with van der Waals surface area (Å²) in [5, 5.41) is -2.46. The van der Waals surface area contributed by atoms with E-state index in [9.17, 15) is 17.9 Å². The average molecular weight is 180 g/mol. The van der Waals surface area contributed by atoms with Gasteiger partial charge in [-0.3, -0.25) is 0 Å². The minimum Gasteiger partial charge on any atom is -0.0666 e. The van der Waals surface area contributed by atoms with Gasteiger partial charge in [0.05, 0.1) is 0 Å². The smallest absolute Gasteiger partial charge is 0.0666 e. The van der Waals surface area contributed by atoms with Crippen molar-refractivity contribution < 1.29 is 17.9 Å². The first kappa shape index (κ1) is 8.63. The number of benzene rings is 1. The quantitative estimate of drug-likeness (QED) is 0.510. The second-order valence-corrected chi connectivity index (χ2v) is 1.99. The van der Waals surface area contributed by atoms with Crippen LogP contribution in [-0.4, -0.2) is 0 Å². The van der Waals surface area contributed by atoms with Crippen molar-refractivity contribution in [1.82, 2.24) is 0 Å². The van der Waals surface area contributed by atoms with E-state index in [-0.39, 0.29) is 0 Å². The van der Waals surface area contributed by atoms with Crippen LogP contribution >= 0.6 is 0 Å². The maximum atomic E-state index is 11.8. The van der Waals surface area contributed by atoms with Gasteiger partial charge in [0.25, 0.3) is 0 Å². The molecule has 0 aliphatic carbocycles. The molecule has 6 heteroatoms. The standard InChI is InChI=1S/C6H4F4N2/c7-11(8)5-2-1-3-6(4-5)12(9)10/h1-4H. The molecule has 0 aliphatic rings. The molecular weight excluding hydrogens is 176 g/mol. The van der Waals surface area contributed by atoms with Gasteiger partial charge in [-0.05, 0) is 28.9 Å². The van der Waals surface area contributed by atoms with E-state index in [4.69, 9.17) is 0 Å². The summed E-state index contributed by atoms with van der Waals surface area (Å²) >= 11 is 0. The lowest BCUT2D eigenvalue weighted by Crippen LogP contribution is -1.99. The lowest BCUT2D eigenvalue weighted by molar-refractivity contribution is 0.230. The highest BCUT2D eigenvalue weighted by Gasteiger charge is 2.07. The molecule has 0 bridgehead atoms. The molecule has 0 aromatic heterocycles. The molecular formula is C6H4F4N2. The third-order valence-corrected chi connectivity index (χ3v) is 1.22. The molecule has 0 spiro atoms. The van der Waals surface area contributed by atoms with Gasteiger partial charge in [0, 0.05) is 0 Å². The summed E-state index contributed by atoms with van der Waals surface area (Å²) in [6.07, 6.45) is 0. The van der Waals surface area contributed by atoms with Crippen molar-refractivity contribution in [2.45, 2.75) is 0 Å². The van der Waals surface area contributed by atoms with E-state index in [0.29, 0.717) is 6.07 Å². The Morgan fingerprint density at radius 1 is 0.833 bits per heavy atom. The normalized spacial score (nSPS) is 9.67. The first-order valence-corrected chi connectivity index (χ1v) is 2.94. The van der Waals surface area contributed by atoms with Crippen LogP contribution in [0, 0.1) is 0 Å². The minimum absolute atomic E-state index is 0.576. The van der Waals surface area contributed by atoms with Crippen LogP contribution in [0.2, 0.25) is 0 Å². The molecule has 0 atom stereocenters. The summed E-state index contributed by atoms with van der Waals surface area (Å²) in [7, 11) is 0. The SMILES string of the molecule is FN(F)c1cccc(N(F)F)c1. The Hall–Kier alpha value is -1.46. The number of nitrogens with zero attached hydrogens (tertiary/aromatic N) is 2. The molecule has 0 heterocycles. The van der Waals surface area contributed by atoms with Crippen LogP contribution in [0.25, 0.3) is 0 Å². The number of hydrogen-bond donors (Lipinski definition) is 0. The van der Waals surface area contributed by atoms with Crippen LogP contribution < -0.4 is 10.7 Å². The van der Waals surface area contributed by atoms with Gasteiger partial charge in [0.15, 0.2) is 0 Å². The molecule has 0 saturated heterocycles. The third-order valence-electron chi connectivity index (χ3n) is 1.22. The molecule has 0 radical (unpaired) electrons. The Morgan fingerprint density at radius 2 is 1.25 bits per heavy atom. The summed E-state index contributed by atoms with van der Waals surface area (Å²) in [6.45, 7) is 0. The van der Waals surface area contributed by atoms with Crippen molar-refractivity contribution in [3.8, 4) is 0 Å². The minimum atomic E-state index is -1.23. The van der Waals surface area contributed by atoms with Crippen molar-refractivity contribution >= 4 is 11.4 Å². The van der Waals surface area contributed by atoms with E-state index < -0.39 is 22.1 Å². The van der Waals surface area contributed by atoms with Crippen LogP contribution in [0.15, 0.2) is 24.3 Å². The Kier molecular flexibility index (Phi) is 2.37. The molecule has 0 saturated carbocycles. The highest BCUT2D eigenvalue weighted by Crippen LogP contribution is 2.23. The molecule has 1 aromatic rings. The topological polar surface area (TPSA) is 6.48 Å². The molecule has 0 aliphatic heterocycles. The number of rotatable bonds is 2. The van der Waals surface area contributed by atoms with Crippen LogP contribution in [0.4, 0.5) is 29.3 Å². The zero-order valence-electron chi connectivity index (χ0n) is 5.72. The highest BCUT2D eigenvalue weighted by atomic mass is 19.4. The van der Waals surface area contributed by atoms with Gasteiger partial charge in [0.2, 0.25) is 0 Å². The second-order valence-electron chi connectivity index (χ2n) is 1.99. The molecule has 1 aromatic carbocycles. The molecule has 0 unspecified atom stereocenters. The van der Waals surface area contributed by atoms with E-state index in [0.717, 1.165) is 18.2 Å². The van der Waals surface area contributed by atoms with Crippen molar-refractivity contribution in [3.05, 3.63) is 24.3 Å². The number of hydrogen-bond acceptors (Lipinski definition) is 2. The van der Waals surface area contributed by atoms with E-state index in [1.54, 1.807) is 0 Å². The summed E-state index contributed by atoms with van der Waals surface area (Å²) < 4.78 is 47.1. The molecule has 2 nitrogen and oxygen atoms in total. The van der Waals surface area contributed by atoms with E-state index in [2.05, 4.69) is 0 Å². The highest BCUT2D eigenvalue weighted by molar-refractivity contribution is 5.54. The fraction of sp³-hybridized carbons (Fsp3) is 0. The van der Waals surface area contributed by atoms with Gasteiger partial charge < -0.3 is 0 Å². The van der Waals surface area contributed by atoms with Gasteiger partial charge in [0.1, 0.15) is 11.4 Å². The zero-order chi connectivity index (χ0) is 9.14. The zero-order valence-corrected chi connectivity index (χ0v) is 5.72. The van der Waals surface area contributed by atoms with Gasteiger partial charge in [-0.25, -0.2) is 0 Å². The molecule has 66 valence electrons. The van der Waals surface area contributed by atoms with Crippen LogP contribution in [0.1, 0.15) is 0 Å². The van der Waals surface area contributed by atoms with Gasteiger partial charge in [-0.2, -0.15) is 0 Å². The third kappa shape index (κ3) is 1.77.